The number of carbonyl (C=O) groups is 1. The maximum Gasteiger partial charge on any atom is 0.339 e. The number of hydrogen-bond acceptors (Lipinski definition) is 5. The van der Waals surface area contributed by atoms with E-state index in [9.17, 15) is 4.79 Å². The van der Waals surface area contributed by atoms with E-state index in [0.717, 1.165) is 26.2 Å². The number of aromatic carboxylic acids is 1. The van der Waals surface area contributed by atoms with Crippen molar-refractivity contribution in [1.82, 2.24) is 9.97 Å². The molecule has 6 nitrogen and oxygen atoms in total. The summed E-state index contributed by atoms with van der Waals surface area (Å²) in [6, 6.07) is 0. The molecule has 2 N–H and O–H groups in total. The van der Waals surface area contributed by atoms with Crippen molar-refractivity contribution in [2.24, 2.45) is 5.92 Å². The highest BCUT2D eigenvalue weighted by Gasteiger charge is 2.16. The summed E-state index contributed by atoms with van der Waals surface area (Å²) in [7, 11) is 0. The number of nitrogens with zero attached hydrogens (tertiary/aromatic N) is 2. The van der Waals surface area contributed by atoms with Crippen LogP contribution >= 0.6 is 0 Å². The molecule has 6 heteroatoms. The summed E-state index contributed by atoms with van der Waals surface area (Å²) in [6.07, 6.45) is 2.37. The maximum atomic E-state index is 10.8. The summed E-state index contributed by atoms with van der Waals surface area (Å²) in [6.45, 7) is 3.99. The molecular weight excluding hydrogens is 222 g/mol. The van der Waals surface area contributed by atoms with Crippen molar-refractivity contribution in [3.05, 3.63) is 17.5 Å². The largest absolute Gasteiger partial charge is 0.478 e. The van der Waals surface area contributed by atoms with E-state index in [4.69, 9.17) is 9.84 Å². The van der Waals surface area contributed by atoms with Gasteiger partial charge in [-0.2, -0.15) is 0 Å². The Bertz CT molecular complexity index is 416. The third kappa shape index (κ3) is 2.91. The second kappa shape index (κ2) is 5.09. The van der Waals surface area contributed by atoms with Gasteiger partial charge in [-0.1, -0.05) is 0 Å². The molecule has 17 heavy (non-hydrogen) atoms. The Labute approximate surface area is 99.0 Å². The van der Waals surface area contributed by atoms with Gasteiger partial charge in [-0.15, -0.1) is 0 Å². The second-order valence-electron chi connectivity index (χ2n) is 4.11. The number of aromatic nitrogens is 2. The zero-order valence-corrected chi connectivity index (χ0v) is 9.64. The molecule has 0 amide bonds. The lowest BCUT2D eigenvalue weighted by Crippen LogP contribution is -2.16. The lowest BCUT2D eigenvalue weighted by Gasteiger charge is -2.10. The normalized spacial score (nSPS) is 19.2. The highest BCUT2D eigenvalue weighted by Crippen LogP contribution is 2.13. The zero-order valence-electron chi connectivity index (χ0n) is 9.64. The summed E-state index contributed by atoms with van der Waals surface area (Å²) in [4.78, 5) is 18.9. The van der Waals surface area contributed by atoms with Crippen molar-refractivity contribution in [1.29, 1.82) is 0 Å². The molecule has 1 aliphatic rings. The first kappa shape index (κ1) is 11.8. The van der Waals surface area contributed by atoms with E-state index in [-0.39, 0.29) is 5.56 Å². The van der Waals surface area contributed by atoms with Crippen LogP contribution in [-0.4, -0.2) is 40.8 Å². The molecule has 0 saturated carbocycles. The molecule has 0 spiro atoms. The molecule has 0 bridgehead atoms. The van der Waals surface area contributed by atoms with Gasteiger partial charge in [-0.3, -0.25) is 0 Å². The minimum atomic E-state index is -1.00. The van der Waals surface area contributed by atoms with Crippen LogP contribution in [0.15, 0.2) is 6.20 Å². The molecule has 92 valence electrons. The molecule has 2 rings (SSSR count). The first-order valence-corrected chi connectivity index (χ1v) is 5.55. The van der Waals surface area contributed by atoms with Crippen LogP contribution < -0.4 is 5.32 Å². The van der Waals surface area contributed by atoms with Gasteiger partial charge < -0.3 is 15.2 Å². The topological polar surface area (TPSA) is 84.3 Å². The highest BCUT2D eigenvalue weighted by molar-refractivity contribution is 5.88. The van der Waals surface area contributed by atoms with Gasteiger partial charge in [0.15, 0.2) is 0 Å². The summed E-state index contributed by atoms with van der Waals surface area (Å²) in [5.74, 6) is -0.0456. The van der Waals surface area contributed by atoms with Crippen LogP contribution in [0.25, 0.3) is 0 Å². The van der Waals surface area contributed by atoms with Gasteiger partial charge in [0, 0.05) is 25.3 Å². The molecule has 2 heterocycles. The first-order chi connectivity index (χ1) is 8.16. The third-order valence-corrected chi connectivity index (χ3v) is 2.78. The minimum Gasteiger partial charge on any atom is -0.478 e. The van der Waals surface area contributed by atoms with E-state index >= 15 is 0 Å². The van der Waals surface area contributed by atoms with Crippen LogP contribution in [0.4, 0.5) is 5.95 Å². The van der Waals surface area contributed by atoms with Crippen molar-refractivity contribution in [3.63, 3.8) is 0 Å². The Morgan fingerprint density at radius 1 is 1.71 bits per heavy atom. The maximum absolute atomic E-state index is 10.8. The van der Waals surface area contributed by atoms with E-state index in [0.29, 0.717) is 17.6 Å². The van der Waals surface area contributed by atoms with E-state index in [1.807, 2.05) is 0 Å². The molecule has 1 aromatic heterocycles. The Kier molecular flexibility index (Phi) is 3.53. The fourth-order valence-electron chi connectivity index (χ4n) is 1.74. The predicted octanol–water partition coefficient (Wildman–Crippen LogP) is 0.932. The Hall–Kier alpha value is -1.69. The molecular formula is C11H15N3O3. The number of rotatable bonds is 4. The summed E-state index contributed by atoms with van der Waals surface area (Å²) in [5.41, 5.74) is 0.609. The van der Waals surface area contributed by atoms with Gasteiger partial charge in [0.2, 0.25) is 5.95 Å². The van der Waals surface area contributed by atoms with Crippen molar-refractivity contribution in [3.8, 4) is 0 Å². The molecule has 0 aromatic carbocycles. The molecule has 1 atom stereocenters. The summed E-state index contributed by atoms with van der Waals surface area (Å²) < 4.78 is 5.26. The van der Waals surface area contributed by atoms with Crippen LogP contribution in [-0.2, 0) is 4.74 Å². The van der Waals surface area contributed by atoms with E-state index in [1.54, 1.807) is 6.92 Å². The second-order valence-corrected chi connectivity index (χ2v) is 4.11. The number of aryl methyl sites for hydroxylation is 1. The first-order valence-electron chi connectivity index (χ1n) is 5.55. The van der Waals surface area contributed by atoms with Crippen molar-refractivity contribution < 1.29 is 14.6 Å². The van der Waals surface area contributed by atoms with Gasteiger partial charge in [0.25, 0.3) is 0 Å². The van der Waals surface area contributed by atoms with E-state index < -0.39 is 5.97 Å². The number of ether oxygens (including phenoxy) is 1. The Morgan fingerprint density at radius 3 is 3.12 bits per heavy atom. The molecule has 0 radical (unpaired) electrons. The number of nitrogens with one attached hydrogen (secondary N) is 1. The Morgan fingerprint density at radius 2 is 2.53 bits per heavy atom. The minimum absolute atomic E-state index is 0.139. The average Bonchev–Trinajstić information content (AvgIpc) is 2.78. The summed E-state index contributed by atoms with van der Waals surface area (Å²) >= 11 is 0. The molecule has 0 aliphatic carbocycles. The van der Waals surface area contributed by atoms with Crippen LogP contribution in [0, 0.1) is 12.8 Å². The average molecular weight is 237 g/mol. The van der Waals surface area contributed by atoms with E-state index in [2.05, 4.69) is 15.3 Å². The number of carboxylic acid groups (broad SMARTS) is 1. The molecule has 1 fully saturated rings. The van der Waals surface area contributed by atoms with Crippen molar-refractivity contribution >= 4 is 11.9 Å². The lowest BCUT2D eigenvalue weighted by atomic mass is 10.1. The van der Waals surface area contributed by atoms with Gasteiger partial charge in [-0.25, -0.2) is 14.8 Å². The number of hydrogen-bond donors (Lipinski definition) is 2. The quantitative estimate of drug-likeness (QED) is 0.810. The zero-order chi connectivity index (χ0) is 12.3. The van der Waals surface area contributed by atoms with Crippen LogP contribution in [0.3, 0.4) is 0 Å². The van der Waals surface area contributed by atoms with Gasteiger partial charge in [0.05, 0.1) is 17.9 Å². The number of anilines is 1. The molecule has 1 aliphatic heterocycles. The molecule has 1 unspecified atom stereocenters. The van der Waals surface area contributed by atoms with Crippen molar-refractivity contribution in [2.75, 3.05) is 25.1 Å². The van der Waals surface area contributed by atoms with Gasteiger partial charge in [-0.05, 0) is 13.3 Å². The van der Waals surface area contributed by atoms with Crippen LogP contribution in [0.5, 0.6) is 0 Å². The number of carboxylic acids is 1. The Balaban J connectivity index is 1.97. The predicted molar refractivity (Wildman–Crippen MR) is 61.1 cm³/mol. The molecule has 1 aromatic rings. The fourth-order valence-corrected chi connectivity index (χ4v) is 1.74. The standard InChI is InChI=1S/C11H15N3O3/c1-7-9(10(15)16)5-13-11(14-7)12-4-8-2-3-17-6-8/h5,8H,2-4,6H2,1H3,(H,15,16)(H,12,13,14). The van der Waals surface area contributed by atoms with Crippen LogP contribution in [0.2, 0.25) is 0 Å². The summed E-state index contributed by atoms with van der Waals surface area (Å²) in [5, 5.41) is 11.9. The monoisotopic (exact) mass is 237 g/mol. The van der Waals surface area contributed by atoms with Gasteiger partial charge in [0.1, 0.15) is 0 Å². The van der Waals surface area contributed by atoms with Crippen molar-refractivity contribution in [2.45, 2.75) is 13.3 Å². The SMILES string of the molecule is Cc1nc(NCC2CCOC2)ncc1C(=O)O. The van der Waals surface area contributed by atoms with Crippen LogP contribution in [0.1, 0.15) is 22.5 Å². The molecule has 1 saturated heterocycles. The lowest BCUT2D eigenvalue weighted by molar-refractivity contribution is 0.0695. The smallest absolute Gasteiger partial charge is 0.339 e. The fraction of sp³-hybridized carbons (Fsp3) is 0.545. The van der Waals surface area contributed by atoms with Gasteiger partial charge >= 0.3 is 5.97 Å². The van der Waals surface area contributed by atoms with E-state index in [1.165, 1.54) is 6.20 Å². The highest BCUT2D eigenvalue weighted by atomic mass is 16.5. The third-order valence-electron chi connectivity index (χ3n) is 2.78.